The molecule has 8 heteroatoms. The molecule has 2 aromatic rings. The van der Waals surface area contributed by atoms with Crippen LogP contribution in [0.2, 0.25) is 0 Å². The normalized spacial score (nSPS) is 15.3. The molecule has 34 heavy (non-hydrogen) atoms. The average molecular weight is 469 g/mol. The summed E-state index contributed by atoms with van der Waals surface area (Å²) in [5, 5.41) is 12.0. The van der Waals surface area contributed by atoms with Gasteiger partial charge in [0.1, 0.15) is 5.82 Å². The molecule has 1 N–H and O–H groups in total. The Morgan fingerprint density at radius 2 is 1.74 bits per heavy atom. The van der Waals surface area contributed by atoms with Crippen LogP contribution in [0, 0.1) is 5.92 Å². The van der Waals surface area contributed by atoms with Crippen LogP contribution in [0.3, 0.4) is 0 Å². The molecular weight excluding hydrogens is 428 g/mol. The smallest absolute Gasteiger partial charge is 0.253 e. The Morgan fingerprint density at radius 3 is 2.32 bits per heavy atom. The summed E-state index contributed by atoms with van der Waals surface area (Å²) >= 11 is 0. The molecule has 0 bridgehead atoms. The highest BCUT2D eigenvalue weighted by molar-refractivity contribution is 5.94. The van der Waals surface area contributed by atoms with Crippen molar-refractivity contribution in [2.75, 3.05) is 33.7 Å². The van der Waals surface area contributed by atoms with Crippen LogP contribution in [0.4, 0.5) is 0 Å². The maximum Gasteiger partial charge on any atom is 0.253 e. The van der Waals surface area contributed by atoms with Gasteiger partial charge in [-0.25, -0.2) is 0 Å². The van der Waals surface area contributed by atoms with Gasteiger partial charge in [-0.3, -0.25) is 9.59 Å². The summed E-state index contributed by atoms with van der Waals surface area (Å²) in [5.41, 5.74) is 1.97. The van der Waals surface area contributed by atoms with Crippen molar-refractivity contribution in [3.63, 3.8) is 0 Å². The molecule has 3 rings (SSSR count). The van der Waals surface area contributed by atoms with Crippen molar-refractivity contribution in [2.45, 2.75) is 65.5 Å². The highest BCUT2D eigenvalue weighted by Crippen LogP contribution is 2.24. The zero-order chi connectivity index (χ0) is 25.0. The fourth-order valence-electron chi connectivity index (χ4n) is 4.33. The topological polar surface area (TPSA) is 83.4 Å². The third-order valence-electron chi connectivity index (χ3n) is 6.15. The number of rotatable bonds is 7. The SMILES string of the molecule is CC(C)CC(NC(=O)CN(C)C)c1nnc2n1CCN(C(=O)c1ccc(C(C)(C)C)cc1)CC2. The fraction of sp³-hybridized carbons (Fsp3) is 0.615. The van der Waals surface area contributed by atoms with E-state index in [4.69, 9.17) is 0 Å². The fourth-order valence-corrected chi connectivity index (χ4v) is 4.33. The largest absolute Gasteiger partial charge is 0.345 e. The van der Waals surface area contributed by atoms with E-state index in [9.17, 15) is 9.59 Å². The predicted molar refractivity (Wildman–Crippen MR) is 134 cm³/mol. The van der Waals surface area contributed by atoms with Gasteiger partial charge in [0, 0.05) is 31.6 Å². The highest BCUT2D eigenvalue weighted by Gasteiger charge is 2.27. The molecule has 2 amide bonds. The maximum atomic E-state index is 13.2. The lowest BCUT2D eigenvalue weighted by molar-refractivity contribution is -0.122. The van der Waals surface area contributed by atoms with E-state index in [1.807, 2.05) is 48.2 Å². The molecule has 2 heterocycles. The monoisotopic (exact) mass is 468 g/mol. The number of hydrogen-bond donors (Lipinski definition) is 1. The number of nitrogens with zero attached hydrogens (tertiary/aromatic N) is 5. The van der Waals surface area contributed by atoms with Crippen LogP contribution in [-0.2, 0) is 23.2 Å². The minimum atomic E-state index is -0.208. The van der Waals surface area contributed by atoms with E-state index in [1.54, 1.807) is 0 Å². The quantitative estimate of drug-likeness (QED) is 0.675. The Morgan fingerprint density at radius 1 is 1.06 bits per heavy atom. The van der Waals surface area contributed by atoms with Crippen molar-refractivity contribution < 1.29 is 9.59 Å². The van der Waals surface area contributed by atoms with Gasteiger partial charge in [0.2, 0.25) is 5.91 Å². The van der Waals surface area contributed by atoms with E-state index < -0.39 is 0 Å². The highest BCUT2D eigenvalue weighted by atomic mass is 16.2. The number of carbonyl (C=O) groups is 2. The van der Waals surface area contributed by atoms with Gasteiger partial charge in [-0.05, 0) is 49.5 Å². The second-order valence-corrected chi connectivity index (χ2v) is 11.0. The van der Waals surface area contributed by atoms with Gasteiger partial charge < -0.3 is 19.7 Å². The Kier molecular flexibility index (Phi) is 8.13. The molecule has 0 fully saturated rings. The van der Waals surface area contributed by atoms with Crippen molar-refractivity contribution in [3.05, 3.63) is 47.0 Å². The minimum Gasteiger partial charge on any atom is -0.345 e. The van der Waals surface area contributed by atoms with E-state index in [-0.39, 0.29) is 23.3 Å². The average Bonchev–Trinajstić information content (AvgIpc) is 3.02. The second-order valence-electron chi connectivity index (χ2n) is 11.0. The molecule has 186 valence electrons. The van der Waals surface area contributed by atoms with Gasteiger partial charge in [0.05, 0.1) is 12.6 Å². The van der Waals surface area contributed by atoms with Crippen LogP contribution in [-0.4, -0.2) is 70.1 Å². The Bertz CT molecular complexity index is 988. The molecule has 8 nitrogen and oxygen atoms in total. The second kappa shape index (κ2) is 10.7. The number of aromatic nitrogens is 3. The van der Waals surface area contributed by atoms with Crippen LogP contribution in [0.1, 0.15) is 74.7 Å². The van der Waals surface area contributed by atoms with Crippen molar-refractivity contribution in [2.24, 2.45) is 5.92 Å². The Balaban J connectivity index is 1.74. The number of carbonyl (C=O) groups excluding carboxylic acids is 2. The summed E-state index contributed by atoms with van der Waals surface area (Å²) in [6.45, 7) is 12.9. The molecule has 1 aromatic carbocycles. The van der Waals surface area contributed by atoms with Gasteiger partial charge in [0.15, 0.2) is 5.82 Å². The first-order valence-electron chi connectivity index (χ1n) is 12.2. The van der Waals surface area contributed by atoms with E-state index >= 15 is 0 Å². The van der Waals surface area contributed by atoms with Crippen molar-refractivity contribution >= 4 is 11.8 Å². The summed E-state index contributed by atoms with van der Waals surface area (Å²) in [6, 6.07) is 7.74. The molecule has 1 aliphatic rings. The van der Waals surface area contributed by atoms with Gasteiger partial charge >= 0.3 is 0 Å². The molecular formula is C26H40N6O2. The van der Waals surface area contributed by atoms with E-state index in [1.165, 1.54) is 5.56 Å². The molecule has 1 aliphatic heterocycles. The molecule has 1 atom stereocenters. The summed E-state index contributed by atoms with van der Waals surface area (Å²) in [7, 11) is 3.75. The zero-order valence-electron chi connectivity index (χ0n) is 21.8. The van der Waals surface area contributed by atoms with Crippen molar-refractivity contribution in [3.8, 4) is 0 Å². The summed E-state index contributed by atoms with van der Waals surface area (Å²) in [5.74, 6) is 2.04. The van der Waals surface area contributed by atoms with Crippen LogP contribution < -0.4 is 5.32 Å². The van der Waals surface area contributed by atoms with Gasteiger partial charge in [-0.2, -0.15) is 0 Å². The van der Waals surface area contributed by atoms with Crippen molar-refractivity contribution in [1.29, 1.82) is 0 Å². The number of likely N-dealkylation sites (N-methyl/N-ethyl adjacent to an activating group) is 1. The number of nitrogens with one attached hydrogen (secondary N) is 1. The molecule has 0 saturated carbocycles. The summed E-state index contributed by atoms with van der Waals surface area (Å²) in [4.78, 5) is 29.5. The van der Waals surface area contributed by atoms with Gasteiger partial charge in [0.25, 0.3) is 5.91 Å². The first-order valence-corrected chi connectivity index (χ1v) is 12.2. The standard InChI is InChI=1S/C26H40N6O2/c1-18(2)16-21(27-23(33)17-30(6)7)24-29-28-22-12-13-31(14-15-32(22)24)25(34)19-8-10-20(11-9-19)26(3,4)5/h8-11,18,21H,12-17H2,1-7H3,(H,27,33). The van der Waals surface area contributed by atoms with E-state index in [0.29, 0.717) is 44.1 Å². The molecule has 1 aromatic heterocycles. The lowest BCUT2D eigenvalue weighted by Crippen LogP contribution is -2.38. The van der Waals surface area contributed by atoms with Gasteiger partial charge in [-0.15, -0.1) is 10.2 Å². The molecule has 0 aliphatic carbocycles. The van der Waals surface area contributed by atoms with Gasteiger partial charge in [-0.1, -0.05) is 46.8 Å². The third-order valence-corrected chi connectivity index (χ3v) is 6.15. The zero-order valence-corrected chi connectivity index (χ0v) is 21.8. The lowest BCUT2D eigenvalue weighted by atomic mass is 9.86. The van der Waals surface area contributed by atoms with Crippen LogP contribution in [0.15, 0.2) is 24.3 Å². The molecule has 0 spiro atoms. The van der Waals surface area contributed by atoms with E-state index in [0.717, 1.165) is 18.1 Å². The number of amides is 2. The first-order chi connectivity index (χ1) is 16.0. The number of hydrogen-bond acceptors (Lipinski definition) is 5. The summed E-state index contributed by atoms with van der Waals surface area (Å²) in [6.07, 6.45) is 1.42. The van der Waals surface area contributed by atoms with Crippen LogP contribution >= 0.6 is 0 Å². The predicted octanol–water partition coefficient (Wildman–Crippen LogP) is 3.04. The maximum absolute atomic E-state index is 13.2. The molecule has 0 saturated heterocycles. The first kappa shape index (κ1) is 25.9. The number of fused-ring (bicyclic) bond motifs is 1. The Labute approximate surface area is 203 Å². The Hall–Kier alpha value is -2.74. The number of benzene rings is 1. The summed E-state index contributed by atoms with van der Waals surface area (Å²) < 4.78 is 2.10. The van der Waals surface area contributed by atoms with Crippen LogP contribution in [0.25, 0.3) is 0 Å². The van der Waals surface area contributed by atoms with E-state index in [2.05, 4.69) is 54.7 Å². The lowest BCUT2D eigenvalue weighted by Gasteiger charge is -2.23. The molecule has 1 unspecified atom stereocenters. The third kappa shape index (κ3) is 6.44. The molecule has 0 radical (unpaired) electrons. The minimum absolute atomic E-state index is 0.0304. The van der Waals surface area contributed by atoms with Crippen LogP contribution in [0.5, 0.6) is 0 Å². The van der Waals surface area contributed by atoms with Crippen molar-refractivity contribution in [1.82, 2.24) is 29.9 Å².